The number of carbonyl (C=O) groups excluding carboxylic acids is 1. The molecular weight excluding hydrogens is 330 g/mol. The lowest BCUT2D eigenvalue weighted by Crippen LogP contribution is -2.43. The van der Waals surface area contributed by atoms with E-state index >= 15 is 0 Å². The molecule has 2 atom stereocenters. The summed E-state index contributed by atoms with van der Waals surface area (Å²) < 4.78 is 0. The molecule has 2 aromatic rings. The minimum atomic E-state index is 0.225. The summed E-state index contributed by atoms with van der Waals surface area (Å²) in [7, 11) is 0. The molecule has 1 aromatic carbocycles. The van der Waals surface area contributed by atoms with Crippen molar-refractivity contribution in [3.8, 4) is 0 Å². The van der Waals surface area contributed by atoms with Crippen LogP contribution >= 0.6 is 11.8 Å². The van der Waals surface area contributed by atoms with E-state index in [1.54, 1.807) is 11.8 Å². The molecule has 1 amide bonds. The summed E-state index contributed by atoms with van der Waals surface area (Å²) in [5.74, 6) is 2.73. The highest BCUT2D eigenvalue weighted by Gasteiger charge is 2.25. The molecule has 0 saturated carbocycles. The number of rotatable bonds is 5. The molecule has 25 heavy (non-hydrogen) atoms. The first kappa shape index (κ1) is 18.2. The second-order valence-electron chi connectivity index (χ2n) is 7.25. The van der Waals surface area contributed by atoms with Crippen molar-refractivity contribution in [2.75, 3.05) is 18.8 Å². The molecule has 3 rings (SSSR count). The number of carbonyl (C=O) groups is 1. The Kier molecular flexibility index (Phi) is 5.94. The van der Waals surface area contributed by atoms with Crippen LogP contribution in [0, 0.1) is 11.8 Å². The van der Waals surface area contributed by atoms with Crippen molar-refractivity contribution < 1.29 is 4.79 Å². The number of piperidine rings is 1. The Morgan fingerprint density at radius 3 is 2.64 bits per heavy atom. The SMILES string of the molecule is CCCc1nc(SCC(=O)N2C[C@H](C)C[C@@H](C)C2)c2ccccc2n1. The molecule has 0 spiro atoms. The smallest absolute Gasteiger partial charge is 0.233 e. The van der Waals surface area contributed by atoms with Gasteiger partial charge in [-0.2, -0.15) is 0 Å². The molecule has 2 heterocycles. The molecule has 0 bridgehead atoms. The predicted molar refractivity (Wildman–Crippen MR) is 104 cm³/mol. The Morgan fingerprint density at radius 1 is 1.20 bits per heavy atom. The van der Waals surface area contributed by atoms with Gasteiger partial charge < -0.3 is 4.90 Å². The van der Waals surface area contributed by atoms with Crippen LogP contribution < -0.4 is 0 Å². The van der Waals surface area contributed by atoms with Crippen molar-refractivity contribution in [3.63, 3.8) is 0 Å². The topological polar surface area (TPSA) is 46.1 Å². The maximum Gasteiger partial charge on any atom is 0.233 e. The summed E-state index contributed by atoms with van der Waals surface area (Å²) in [6.45, 7) is 8.37. The van der Waals surface area contributed by atoms with Crippen LogP contribution in [0.1, 0.15) is 39.4 Å². The Hall–Kier alpha value is -1.62. The molecule has 0 aliphatic carbocycles. The number of aryl methyl sites for hydroxylation is 1. The van der Waals surface area contributed by atoms with Crippen LogP contribution in [-0.2, 0) is 11.2 Å². The third-order valence-electron chi connectivity index (χ3n) is 4.64. The van der Waals surface area contributed by atoms with E-state index in [4.69, 9.17) is 4.98 Å². The fourth-order valence-electron chi connectivity index (χ4n) is 3.63. The average molecular weight is 358 g/mol. The number of nitrogens with zero attached hydrogens (tertiary/aromatic N) is 3. The summed E-state index contributed by atoms with van der Waals surface area (Å²) in [4.78, 5) is 24.1. The van der Waals surface area contributed by atoms with Gasteiger partial charge >= 0.3 is 0 Å². The van der Waals surface area contributed by atoms with Crippen LogP contribution in [0.5, 0.6) is 0 Å². The number of aromatic nitrogens is 2. The van der Waals surface area contributed by atoms with Gasteiger partial charge in [0, 0.05) is 24.9 Å². The quantitative estimate of drug-likeness (QED) is 0.595. The molecule has 0 N–H and O–H groups in total. The number of hydrogen-bond donors (Lipinski definition) is 0. The van der Waals surface area contributed by atoms with Crippen molar-refractivity contribution in [3.05, 3.63) is 30.1 Å². The highest BCUT2D eigenvalue weighted by atomic mass is 32.2. The van der Waals surface area contributed by atoms with Crippen molar-refractivity contribution in [2.24, 2.45) is 11.8 Å². The van der Waals surface area contributed by atoms with Crippen LogP contribution in [0.4, 0.5) is 0 Å². The molecule has 1 aliphatic heterocycles. The maximum absolute atomic E-state index is 12.7. The first-order valence-electron chi connectivity index (χ1n) is 9.23. The lowest BCUT2D eigenvalue weighted by Gasteiger charge is -2.35. The zero-order chi connectivity index (χ0) is 17.8. The normalized spacial score (nSPS) is 20.8. The second-order valence-corrected chi connectivity index (χ2v) is 8.21. The average Bonchev–Trinajstić information content (AvgIpc) is 2.58. The Morgan fingerprint density at radius 2 is 1.92 bits per heavy atom. The van der Waals surface area contributed by atoms with Crippen molar-refractivity contribution in [1.29, 1.82) is 0 Å². The third-order valence-corrected chi connectivity index (χ3v) is 5.62. The van der Waals surface area contributed by atoms with Crippen LogP contribution in [-0.4, -0.2) is 39.6 Å². The molecule has 134 valence electrons. The second kappa shape index (κ2) is 8.17. The minimum absolute atomic E-state index is 0.225. The predicted octanol–water partition coefficient (Wildman–Crippen LogP) is 4.18. The first-order valence-corrected chi connectivity index (χ1v) is 10.2. The van der Waals surface area contributed by atoms with Gasteiger partial charge in [0.2, 0.25) is 5.91 Å². The van der Waals surface area contributed by atoms with Crippen LogP contribution in [0.2, 0.25) is 0 Å². The molecule has 1 fully saturated rings. The van der Waals surface area contributed by atoms with Gasteiger partial charge in [-0.15, -0.1) is 0 Å². The number of thioether (sulfide) groups is 1. The molecule has 4 nitrogen and oxygen atoms in total. The van der Waals surface area contributed by atoms with Crippen LogP contribution in [0.3, 0.4) is 0 Å². The number of amides is 1. The number of hydrogen-bond acceptors (Lipinski definition) is 4. The van der Waals surface area contributed by atoms with Gasteiger partial charge in [-0.3, -0.25) is 4.79 Å². The lowest BCUT2D eigenvalue weighted by molar-refractivity contribution is -0.130. The highest BCUT2D eigenvalue weighted by molar-refractivity contribution is 8.00. The molecule has 0 unspecified atom stereocenters. The van der Waals surface area contributed by atoms with Crippen LogP contribution in [0.25, 0.3) is 10.9 Å². The van der Waals surface area contributed by atoms with E-state index in [-0.39, 0.29) is 5.91 Å². The number of para-hydroxylation sites is 1. The Labute approximate surface area is 154 Å². The number of fused-ring (bicyclic) bond motifs is 1. The minimum Gasteiger partial charge on any atom is -0.341 e. The van der Waals surface area contributed by atoms with Gasteiger partial charge in [0.1, 0.15) is 10.9 Å². The van der Waals surface area contributed by atoms with Crippen LogP contribution in [0.15, 0.2) is 29.3 Å². The Bertz CT molecular complexity index is 739. The summed E-state index contributed by atoms with van der Waals surface area (Å²) in [5.41, 5.74) is 0.969. The largest absolute Gasteiger partial charge is 0.341 e. The third kappa shape index (κ3) is 4.51. The van der Waals surface area contributed by atoms with Gasteiger partial charge in [-0.25, -0.2) is 9.97 Å². The molecule has 1 aromatic heterocycles. The van der Waals surface area contributed by atoms with Crippen molar-refractivity contribution in [2.45, 2.75) is 45.1 Å². The van der Waals surface area contributed by atoms with Gasteiger partial charge in [0.25, 0.3) is 0 Å². The first-order chi connectivity index (χ1) is 12.1. The van der Waals surface area contributed by atoms with Gasteiger partial charge in [-0.05, 0) is 30.7 Å². The lowest BCUT2D eigenvalue weighted by atomic mass is 9.92. The molecule has 1 aliphatic rings. The summed E-state index contributed by atoms with van der Waals surface area (Å²) in [5, 5.41) is 1.97. The summed E-state index contributed by atoms with van der Waals surface area (Å²) in [6.07, 6.45) is 3.10. The molecular formula is C20H27N3OS. The number of likely N-dealkylation sites (tertiary alicyclic amines) is 1. The standard InChI is InChI=1S/C20H27N3OS/c1-4-7-18-21-17-9-6-5-8-16(17)20(22-18)25-13-19(24)23-11-14(2)10-15(3)12-23/h5-6,8-9,14-15H,4,7,10-13H2,1-3H3/t14-,15-/m1/s1. The van der Waals surface area contributed by atoms with E-state index in [0.29, 0.717) is 17.6 Å². The molecule has 1 saturated heterocycles. The van der Waals surface area contributed by atoms with E-state index in [2.05, 4.69) is 25.8 Å². The number of benzene rings is 1. The van der Waals surface area contributed by atoms with Gasteiger partial charge in [-0.1, -0.05) is 50.7 Å². The maximum atomic E-state index is 12.7. The molecule has 0 radical (unpaired) electrons. The van der Waals surface area contributed by atoms with E-state index in [1.165, 1.54) is 6.42 Å². The summed E-state index contributed by atoms with van der Waals surface area (Å²) >= 11 is 1.55. The zero-order valence-corrected chi connectivity index (χ0v) is 16.2. The summed E-state index contributed by atoms with van der Waals surface area (Å²) in [6, 6.07) is 8.07. The van der Waals surface area contributed by atoms with Crippen molar-refractivity contribution in [1.82, 2.24) is 14.9 Å². The van der Waals surface area contributed by atoms with E-state index in [1.807, 2.05) is 29.2 Å². The fraction of sp³-hybridized carbons (Fsp3) is 0.550. The highest BCUT2D eigenvalue weighted by Crippen LogP contribution is 2.27. The monoisotopic (exact) mass is 357 g/mol. The van der Waals surface area contributed by atoms with E-state index in [0.717, 1.165) is 47.7 Å². The van der Waals surface area contributed by atoms with Gasteiger partial charge in [0.05, 0.1) is 11.3 Å². The van der Waals surface area contributed by atoms with E-state index in [9.17, 15) is 4.79 Å². The fourth-order valence-corrected chi connectivity index (χ4v) is 4.57. The Balaban J connectivity index is 1.75. The zero-order valence-electron chi connectivity index (χ0n) is 15.4. The van der Waals surface area contributed by atoms with Crippen molar-refractivity contribution >= 4 is 28.6 Å². The van der Waals surface area contributed by atoms with E-state index < -0.39 is 0 Å². The molecule has 5 heteroatoms. The van der Waals surface area contributed by atoms with Gasteiger partial charge in [0.15, 0.2) is 0 Å².